The number of hydrogen-bond acceptors (Lipinski definition) is 2. The highest BCUT2D eigenvalue weighted by atomic mass is 35.5. The SMILES string of the molecule is Cc1c(C(=O)O)ccn1-c1cccc(Cl)n1. The van der Waals surface area contributed by atoms with Crippen LogP contribution in [-0.2, 0) is 0 Å². The first-order valence-electron chi connectivity index (χ1n) is 4.64. The van der Waals surface area contributed by atoms with Gasteiger partial charge < -0.3 is 9.67 Å². The van der Waals surface area contributed by atoms with Crippen molar-refractivity contribution in [3.8, 4) is 5.82 Å². The van der Waals surface area contributed by atoms with Crippen molar-refractivity contribution in [3.63, 3.8) is 0 Å². The average Bonchev–Trinajstić information content (AvgIpc) is 2.60. The summed E-state index contributed by atoms with van der Waals surface area (Å²) in [6, 6.07) is 6.75. The van der Waals surface area contributed by atoms with E-state index in [2.05, 4.69) is 4.98 Å². The lowest BCUT2D eigenvalue weighted by Gasteiger charge is -2.05. The summed E-state index contributed by atoms with van der Waals surface area (Å²) < 4.78 is 1.69. The highest BCUT2D eigenvalue weighted by molar-refractivity contribution is 6.29. The fourth-order valence-electron chi connectivity index (χ4n) is 1.52. The number of rotatable bonds is 2. The van der Waals surface area contributed by atoms with Gasteiger partial charge in [-0.2, -0.15) is 0 Å². The number of pyridine rings is 1. The average molecular weight is 237 g/mol. The Labute approximate surface area is 97.1 Å². The summed E-state index contributed by atoms with van der Waals surface area (Å²) in [4.78, 5) is 15.0. The van der Waals surface area contributed by atoms with Crippen molar-refractivity contribution in [2.45, 2.75) is 6.92 Å². The molecule has 0 amide bonds. The zero-order chi connectivity index (χ0) is 11.7. The van der Waals surface area contributed by atoms with Crippen LogP contribution in [0.25, 0.3) is 5.82 Å². The predicted molar refractivity (Wildman–Crippen MR) is 60.3 cm³/mol. The molecule has 2 aromatic heterocycles. The molecule has 0 spiro atoms. The van der Waals surface area contributed by atoms with Crippen LogP contribution >= 0.6 is 11.6 Å². The molecule has 0 radical (unpaired) electrons. The maximum absolute atomic E-state index is 10.9. The second kappa shape index (κ2) is 3.98. The van der Waals surface area contributed by atoms with Crippen molar-refractivity contribution in [1.29, 1.82) is 0 Å². The quantitative estimate of drug-likeness (QED) is 0.816. The molecule has 2 rings (SSSR count). The Balaban J connectivity index is 2.53. The molecule has 2 aromatic rings. The van der Waals surface area contributed by atoms with E-state index in [9.17, 15) is 4.79 Å². The van der Waals surface area contributed by atoms with Crippen LogP contribution in [0.3, 0.4) is 0 Å². The normalized spacial score (nSPS) is 10.4. The number of halogens is 1. The van der Waals surface area contributed by atoms with Crippen molar-refractivity contribution in [2.75, 3.05) is 0 Å². The predicted octanol–water partition coefficient (Wildman–Crippen LogP) is 2.53. The monoisotopic (exact) mass is 236 g/mol. The van der Waals surface area contributed by atoms with Gasteiger partial charge in [0.2, 0.25) is 0 Å². The summed E-state index contributed by atoms with van der Waals surface area (Å²) in [5, 5.41) is 9.30. The van der Waals surface area contributed by atoms with Crippen LogP contribution < -0.4 is 0 Å². The van der Waals surface area contributed by atoms with E-state index in [1.54, 1.807) is 42.0 Å². The molecule has 0 saturated carbocycles. The maximum atomic E-state index is 10.9. The van der Waals surface area contributed by atoms with Crippen LogP contribution in [0.1, 0.15) is 16.1 Å². The van der Waals surface area contributed by atoms with E-state index < -0.39 is 5.97 Å². The Hall–Kier alpha value is -1.81. The molecule has 2 heterocycles. The number of carbonyl (C=O) groups is 1. The van der Waals surface area contributed by atoms with Gasteiger partial charge in [0, 0.05) is 11.9 Å². The van der Waals surface area contributed by atoms with E-state index >= 15 is 0 Å². The van der Waals surface area contributed by atoms with Gasteiger partial charge in [0.05, 0.1) is 5.56 Å². The standard InChI is InChI=1S/C11H9ClN2O2/c1-7-8(11(15)16)5-6-14(7)10-4-2-3-9(12)13-10/h2-6H,1H3,(H,15,16). The first kappa shape index (κ1) is 10.7. The lowest BCUT2D eigenvalue weighted by atomic mass is 10.2. The summed E-state index contributed by atoms with van der Waals surface area (Å²) in [7, 11) is 0. The Morgan fingerprint density at radius 1 is 1.44 bits per heavy atom. The molecule has 0 aromatic carbocycles. The molecule has 0 aliphatic carbocycles. The molecule has 0 aliphatic rings. The van der Waals surface area contributed by atoms with Crippen molar-refractivity contribution in [2.24, 2.45) is 0 Å². The van der Waals surface area contributed by atoms with Gasteiger partial charge in [-0.05, 0) is 25.1 Å². The Bertz CT molecular complexity index is 549. The Kier molecular flexibility index (Phi) is 2.66. The maximum Gasteiger partial charge on any atom is 0.337 e. The molecule has 82 valence electrons. The molecule has 5 heteroatoms. The van der Waals surface area contributed by atoms with Gasteiger partial charge in [-0.3, -0.25) is 0 Å². The lowest BCUT2D eigenvalue weighted by Crippen LogP contribution is -2.02. The van der Waals surface area contributed by atoms with Gasteiger partial charge in [0.1, 0.15) is 11.0 Å². The zero-order valence-corrected chi connectivity index (χ0v) is 9.27. The number of aromatic nitrogens is 2. The summed E-state index contributed by atoms with van der Waals surface area (Å²) in [6.07, 6.45) is 1.66. The number of carboxylic acid groups (broad SMARTS) is 1. The van der Waals surface area contributed by atoms with E-state index in [-0.39, 0.29) is 5.56 Å². The summed E-state index contributed by atoms with van der Waals surface area (Å²) >= 11 is 5.78. The van der Waals surface area contributed by atoms with E-state index in [1.807, 2.05) is 0 Å². The minimum absolute atomic E-state index is 0.266. The molecule has 0 saturated heterocycles. The number of nitrogens with zero attached hydrogens (tertiary/aromatic N) is 2. The van der Waals surface area contributed by atoms with E-state index in [4.69, 9.17) is 16.7 Å². The van der Waals surface area contributed by atoms with E-state index in [0.717, 1.165) is 0 Å². The molecule has 1 N–H and O–H groups in total. The van der Waals surface area contributed by atoms with E-state index in [1.165, 1.54) is 0 Å². The summed E-state index contributed by atoms with van der Waals surface area (Å²) in [5.74, 6) is -0.337. The van der Waals surface area contributed by atoms with E-state index in [0.29, 0.717) is 16.7 Å². The third-order valence-electron chi connectivity index (χ3n) is 2.32. The molecule has 0 fully saturated rings. The highest BCUT2D eigenvalue weighted by Gasteiger charge is 2.12. The summed E-state index contributed by atoms with van der Waals surface area (Å²) in [6.45, 7) is 1.73. The number of aromatic carboxylic acids is 1. The van der Waals surface area contributed by atoms with Gasteiger partial charge in [-0.25, -0.2) is 9.78 Å². The molecular formula is C11H9ClN2O2. The van der Waals surface area contributed by atoms with Crippen LogP contribution in [0, 0.1) is 6.92 Å². The second-order valence-electron chi connectivity index (χ2n) is 3.31. The van der Waals surface area contributed by atoms with Gasteiger partial charge in [0.25, 0.3) is 0 Å². The molecule has 4 nitrogen and oxygen atoms in total. The minimum atomic E-state index is -0.946. The first-order valence-corrected chi connectivity index (χ1v) is 5.01. The smallest absolute Gasteiger partial charge is 0.337 e. The Morgan fingerprint density at radius 2 is 2.19 bits per heavy atom. The van der Waals surface area contributed by atoms with Crippen LogP contribution in [-0.4, -0.2) is 20.6 Å². The third kappa shape index (κ3) is 1.79. The molecule has 0 unspecified atom stereocenters. The Morgan fingerprint density at radius 3 is 2.75 bits per heavy atom. The lowest BCUT2D eigenvalue weighted by molar-refractivity contribution is 0.0696. The van der Waals surface area contributed by atoms with Crippen LogP contribution in [0.5, 0.6) is 0 Å². The van der Waals surface area contributed by atoms with Crippen molar-refractivity contribution in [1.82, 2.24) is 9.55 Å². The van der Waals surface area contributed by atoms with Gasteiger partial charge in [-0.1, -0.05) is 17.7 Å². The highest BCUT2D eigenvalue weighted by Crippen LogP contribution is 2.16. The number of carboxylic acids is 1. The first-order chi connectivity index (χ1) is 7.59. The van der Waals surface area contributed by atoms with Crippen molar-refractivity contribution in [3.05, 3.63) is 46.9 Å². The molecule has 16 heavy (non-hydrogen) atoms. The van der Waals surface area contributed by atoms with Gasteiger partial charge >= 0.3 is 5.97 Å². The molecule has 0 bridgehead atoms. The largest absolute Gasteiger partial charge is 0.478 e. The zero-order valence-electron chi connectivity index (χ0n) is 8.51. The number of hydrogen-bond donors (Lipinski definition) is 1. The van der Waals surface area contributed by atoms with Gasteiger partial charge in [-0.15, -0.1) is 0 Å². The van der Waals surface area contributed by atoms with Crippen molar-refractivity contribution >= 4 is 17.6 Å². The van der Waals surface area contributed by atoms with Crippen molar-refractivity contribution < 1.29 is 9.90 Å². The fraction of sp³-hybridized carbons (Fsp3) is 0.0909. The van der Waals surface area contributed by atoms with Crippen LogP contribution in [0.15, 0.2) is 30.5 Å². The van der Waals surface area contributed by atoms with Crippen LogP contribution in [0.2, 0.25) is 5.15 Å². The second-order valence-corrected chi connectivity index (χ2v) is 3.70. The fourth-order valence-corrected chi connectivity index (χ4v) is 1.68. The minimum Gasteiger partial charge on any atom is -0.478 e. The molecule has 0 aliphatic heterocycles. The summed E-state index contributed by atoms with van der Waals surface area (Å²) in [5.41, 5.74) is 0.893. The third-order valence-corrected chi connectivity index (χ3v) is 2.53. The molecular weight excluding hydrogens is 228 g/mol. The molecule has 0 atom stereocenters. The van der Waals surface area contributed by atoms with Crippen LogP contribution in [0.4, 0.5) is 0 Å². The van der Waals surface area contributed by atoms with Gasteiger partial charge in [0.15, 0.2) is 0 Å². The topological polar surface area (TPSA) is 55.1 Å².